The van der Waals surface area contributed by atoms with Crippen LogP contribution in [0, 0.1) is 5.92 Å². The molecule has 2 N–H and O–H groups in total. The van der Waals surface area contributed by atoms with Gasteiger partial charge in [0.05, 0.1) is 12.2 Å². The number of nitrogens with one attached hydrogen (secondary N) is 1. The minimum absolute atomic E-state index is 0.0311. The largest absolute Gasteiger partial charge is 0.416 e. The predicted molar refractivity (Wildman–Crippen MR) is 64.0 cm³/mol. The van der Waals surface area contributed by atoms with Gasteiger partial charge >= 0.3 is 6.18 Å². The summed E-state index contributed by atoms with van der Waals surface area (Å²) in [5.41, 5.74) is -0.0872. The van der Waals surface area contributed by atoms with E-state index in [2.05, 4.69) is 5.32 Å². The second-order valence-corrected chi connectivity index (χ2v) is 4.61. The molecule has 0 unspecified atom stereocenters. The van der Waals surface area contributed by atoms with Gasteiger partial charge in [-0.1, -0.05) is 32.0 Å². The van der Waals surface area contributed by atoms with Crippen LogP contribution in [0.3, 0.4) is 0 Å². The third kappa shape index (κ3) is 4.31. The first-order valence-corrected chi connectivity index (χ1v) is 5.85. The van der Waals surface area contributed by atoms with Gasteiger partial charge in [0.2, 0.25) is 0 Å². The zero-order valence-electron chi connectivity index (χ0n) is 10.5. The Morgan fingerprint density at radius 2 is 1.94 bits per heavy atom. The summed E-state index contributed by atoms with van der Waals surface area (Å²) in [7, 11) is 0. The Morgan fingerprint density at radius 1 is 1.28 bits per heavy atom. The fourth-order valence-electron chi connectivity index (χ4n) is 1.62. The molecule has 5 heteroatoms. The molecular formula is C13H18F3NO. The zero-order chi connectivity index (χ0) is 13.8. The van der Waals surface area contributed by atoms with Crippen molar-refractivity contribution in [2.45, 2.75) is 32.6 Å². The van der Waals surface area contributed by atoms with E-state index in [-0.39, 0.29) is 18.6 Å². The van der Waals surface area contributed by atoms with Crippen LogP contribution in [0.5, 0.6) is 0 Å². The van der Waals surface area contributed by atoms with Crippen LogP contribution in [-0.4, -0.2) is 17.8 Å². The van der Waals surface area contributed by atoms with Crippen molar-refractivity contribution in [2.24, 2.45) is 5.92 Å². The average Bonchev–Trinajstić information content (AvgIpc) is 2.28. The van der Waals surface area contributed by atoms with E-state index in [9.17, 15) is 13.2 Å². The van der Waals surface area contributed by atoms with Crippen LogP contribution in [0.1, 0.15) is 25.0 Å². The molecule has 2 nitrogen and oxygen atoms in total. The molecule has 0 aliphatic rings. The normalized spacial score (nSPS) is 13.9. The molecule has 18 heavy (non-hydrogen) atoms. The van der Waals surface area contributed by atoms with Crippen molar-refractivity contribution in [1.29, 1.82) is 0 Å². The highest BCUT2D eigenvalue weighted by Crippen LogP contribution is 2.29. The molecule has 1 aromatic carbocycles. The summed E-state index contributed by atoms with van der Waals surface area (Å²) in [5, 5.41) is 12.2. The number of aliphatic hydroxyl groups is 1. The van der Waals surface area contributed by atoms with Crippen LogP contribution in [-0.2, 0) is 12.7 Å². The zero-order valence-corrected chi connectivity index (χ0v) is 10.5. The lowest BCUT2D eigenvalue weighted by molar-refractivity contribution is -0.137. The SMILES string of the molecule is CC(C)[C@@H](CO)NCc1cccc(C(F)(F)F)c1. The summed E-state index contributed by atoms with van der Waals surface area (Å²) in [4.78, 5) is 0. The van der Waals surface area contributed by atoms with Crippen LogP contribution in [0.2, 0.25) is 0 Å². The molecular weight excluding hydrogens is 243 g/mol. The van der Waals surface area contributed by atoms with Crippen molar-refractivity contribution in [1.82, 2.24) is 5.32 Å². The van der Waals surface area contributed by atoms with E-state index < -0.39 is 11.7 Å². The minimum Gasteiger partial charge on any atom is -0.395 e. The van der Waals surface area contributed by atoms with E-state index in [1.807, 2.05) is 13.8 Å². The van der Waals surface area contributed by atoms with E-state index in [1.54, 1.807) is 6.07 Å². The molecule has 0 saturated carbocycles. The number of hydrogen-bond donors (Lipinski definition) is 2. The molecule has 1 atom stereocenters. The van der Waals surface area contributed by atoms with Crippen LogP contribution >= 0.6 is 0 Å². The van der Waals surface area contributed by atoms with E-state index >= 15 is 0 Å². The summed E-state index contributed by atoms with van der Waals surface area (Å²) in [6, 6.07) is 5.09. The molecule has 0 heterocycles. The molecule has 0 radical (unpaired) electrons. The maximum Gasteiger partial charge on any atom is 0.416 e. The van der Waals surface area contributed by atoms with Crippen LogP contribution < -0.4 is 5.32 Å². The highest BCUT2D eigenvalue weighted by Gasteiger charge is 2.30. The van der Waals surface area contributed by atoms with Gasteiger partial charge in [-0.25, -0.2) is 0 Å². The molecule has 1 rings (SSSR count). The third-order valence-corrected chi connectivity index (χ3v) is 2.82. The van der Waals surface area contributed by atoms with Crippen molar-refractivity contribution in [3.05, 3.63) is 35.4 Å². The lowest BCUT2D eigenvalue weighted by atomic mass is 10.0. The first kappa shape index (κ1) is 15.0. The summed E-state index contributed by atoms with van der Waals surface area (Å²) in [6.07, 6.45) is -4.32. The quantitative estimate of drug-likeness (QED) is 0.854. The van der Waals surface area contributed by atoms with Crippen molar-refractivity contribution in [3.63, 3.8) is 0 Å². The highest BCUT2D eigenvalue weighted by molar-refractivity contribution is 5.25. The van der Waals surface area contributed by atoms with Crippen molar-refractivity contribution < 1.29 is 18.3 Å². The summed E-state index contributed by atoms with van der Waals surface area (Å²) >= 11 is 0. The minimum atomic E-state index is -4.32. The first-order chi connectivity index (χ1) is 8.34. The molecule has 0 bridgehead atoms. The lowest BCUT2D eigenvalue weighted by Gasteiger charge is -2.20. The van der Waals surface area contributed by atoms with Gasteiger partial charge in [0.25, 0.3) is 0 Å². The van der Waals surface area contributed by atoms with Gasteiger partial charge in [-0.3, -0.25) is 0 Å². The van der Waals surface area contributed by atoms with E-state index in [4.69, 9.17) is 5.11 Å². The fourth-order valence-corrected chi connectivity index (χ4v) is 1.62. The summed E-state index contributed by atoms with van der Waals surface area (Å²) in [6.45, 7) is 4.17. The maximum absolute atomic E-state index is 12.5. The van der Waals surface area contributed by atoms with Crippen molar-refractivity contribution in [3.8, 4) is 0 Å². The molecule has 0 fully saturated rings. The number of halogens is 3. The first-order valence-electron chi connectivity index (χ1n) is 5.85. The van der Waals surface area contributed by atoms with Gasteiger partial charge in [0.15, 0.2) is 0 Å². The Balaban J connectivity index is 2.68. The van der Waals surface area contributed by atoms with Crippen LogP contribution in [0.15, 0.2) is 24.3 Å². The maximum atomic E-state index is 12.5. The molecule has 0 spiro atoms. The van der Waals surface area contributed by atoms with Gasteiger partial charge in [-0.15, -0.1) is 0 Å². The topological polar surface area (TPSA) is 32.3 Å². The smallest absolute Gasteiger partial charge is 0.395 e. The number of hydrogen-bond acceptors (Lipinski definition) is 2. The second-order valence-electron chi connectivity index (χ2n) is 4.61. The number of rotatable bonds is 5. The standard InChI is InChI=1S/C13H18F3NO/c1-9(2)12(8-18)17-7-10-4-3-5-11(6-10)13(14,15)16/h3-6,9,12,17-18H,7-8H2,1-2H3/t12-/m1/s1. The number of benzene rings is 1. The number of aliphatic hydroxyl groups excluding tert-OH is 1. The van der Waals surface area contributed by atoms with Gasteiger partial charge in [0, 0.05) is 12.6 Å². The van der Waals surface area contributed by atoms with Crippen LogP contribution in [0.4, 0.5) is 13.2 Å². The van der Waals surface area contributed by atoms with Crippen molar-refractivity contribution >= 4 is 0 Å². The van der Waals surface area contributed by atoms with E-state index in [0.29, 0.717) is 12.1 Å². The Labute approximate surface area is 105 Å². The Kier molecular flexibility index (Phi) is 5.16. The van der Waals surface area contributed by atoms with E-state index in [1.165, 1.54) is 6.07 Å². The monoisotopic (exact) mass is 261 g/mol. The highest BCUT2D eigenvalue weighted by atomic mass is 19.4. The molecule has 0 saturated heterocycles. The third-order valence-electron chi connectivity index (χ3n) is 2.82. The molecule has 0 aliphatic carbocycles. The van der Waals surface area contributed by atoms with E-state index in [0.717, 1.165) is 12.1 Å². The van der Waals surface area contributed by atoms with Gasteiger partial charge < -0.3 is 10.4 Å². The predicted octanol–water partition coefficient (Wildman–Crippen LogP) is 2.81. The van der Waals surface area contributed by atoms with Crippen molar-refractivity contribution in [2.75, 3.05) is 6.61 Å². The Hall–Kier alpha value is -1.07. The molecule has 0 amide bonds. The van der Waals surface area contributed by atoms with Crippen LogP contribution in [0.25, 0.3) is 0 Å². The van der Waals surface area contributed by atoms with Gasteiger partial charge in [-0.05, 0) is 17.5 Å². The molecule has 102 valence electrons. The molecule has 1 aromatic rings. The summed E-state index contributed by atoms with van der Waals surface area (Å²) in [5.74, 6) is 0.223. The summed E-state index contributed by atoms with van der Waals surface area (Å²) < 4.78 is 37.5. The number of alkyl halides is 3. The molecule has 0 aliphatic heterocycles. The molecule has 0 aromatic heterocycles. The average molecular weight is 261 g/mol. The van der Waals surface area contributed by atoms with Gasteiger partial charge in [0.1, 0.15) is 0 Å². The second kappa shape index (κ2) is 6.20. The fraction of sp³-hybridized carbons (Fsp3) is 0.538. The Morgan fingerprint density at radius 3 is 2.44 bits per heavy atom. The van der Waals surface area contributed by atoms with Gasteiger partial charge in [-0.2, -0.15) is 13.2 Å². The Bertz CT molecular complexity index is 377. The lowest BCUT2D eigenvalue weighted by Crippen LogP contribution is -2.36.